The van der Waals surface area contributed by atoms with Crippen LogP contribution in [-0.2, 0) is 23.9 Å². The van der Waals surface area contributed by atoms with Crippen LogP contribution in [0.5, 0.6) is 0 Å². The van der Waals surface area contributed by atoms with Crippen molar-refractivity contribution in [1.29, 1.82) is 0 Å². The SMILES string of the molecule is CCCC(C)(C)CNC(=O)C1OC(OC(=O)CCCC(=O)NCC(C)CC)C(O)CC1O. The molecule has 9 heteroatoms. The lowest BCUT2D eigenvalue weighted by atomic mass is 9.88. The van der Waals surface area contributed by atoms with Crippen molar-refractivity contribution >= 4 is 17.8 Å². The van der Waals surface area contributed by atoms with Crippen molar-refractivity contribution in [3.8, 4) is 0 Å². The number of carbonyl (C=O) groups is 3. The summed E-state index contributed by atoms with van der Waals surface area (Å²) in [7, 11) is 0. The summed E-state index contributed by atoms with van der Waals surface area (Å²) in [5, 5.41) is 25.9. The summed E-state index contributed by atoms with van der Waals surface area (Å²) in [5.41, 5.74) is -0.101. The number of carbonyl (C=O) groups excluding carboxylic acids is 3. The lowest BCUT2D eigenvalue weighted by molar-refractivity contribution is -0.254. The third-order valence-corrected chi connectivity index (χ3v) is 5.73. The number of nitrogens with one attached hydrogen (secondary N) is 2. The van der Waals surface area contributed by atoms with E-state index in [9.17, 15) is 24.6 Å². The summed E-state index contributed by atoms with van der Waals surface area (Å²) >= 11 is 0. The van der Waals surface area contributed by atoms with Crippen LogP contribution >= 0.6 is 0 Å². The number of hydrogen-bond acceptors (Lipinski definition) is 7. The van der Waals surface area contributed by atoms with Gasteiger partial charge in [0.05, 0.1) is 6.10 Å². The first-order valence-corrected chi connectivity index (χ1v) is 11.7. The van der Waals surface area contributed by atoms with Crippen LogP contribution in [0.3, 0.4) is 0 Å². The van der Waals surface area contributed by atoms with E-state index in [1.165, 1.54) is 0 Å². The lowest BCUT2D eigenvalue weighted by Gasteiger charge is -2.36. The molecule has 32 heavy (non-hydrogen) atoms. The average molecular weight is 459 g/mol. The predicted molar refractivity (Wildman–Crippen MR) is 119 cm³/mol. The van der Waals surface area contributed by atoms with Gasteiger partial charge in [0.25, 0.3) is 5.91 Å². The van der Waals surface area contributed by atoms with E-state index in [1.807, 2.05) is 20.8 Å². The van der Waals surface area contributed by atoms with Gasteiger partial charge in [0.2, 0.25) is 12.2 Å². The van der Waals surface area contributed by atoms with Crippen LogP contribution in [0.4, 0.5) is 0 Å². The zero-order valence-corrected chi connectivity index (χ0v) is 20.2. The Kier molecular flexibility index (Phi) is 12.2. The number of rotatable bonds is 13. The molecule has 0 aliphatic carbocycles. The van der Waals surface area contributed by atoms with Gasteiger partial charge in [-0.3, -0.25) is 14.4 Å². The highest BCUT2D eigenvalue weighted by atomic mass is 16.7. The monoisotopic (exact) mass is 458 g/mol. The van der Waals surface area contributed by atoms with Crippen molar-refractivity contribution in [3.05, 3.63) is 0 Å². The minimum atomic E-state index is -1.34. The molecule has 1 heterocycles. The maximum atomic E-state index is 12.5. The molecule has 1 saturated heterocycles. The summed E-state index contributed by atoms with van der Waals surface area (Å²) < 4.78 is 10.6. The molecule has 1 aliphatic heterocycles. The molecule has 5 unspecified atom stereocenters. The number of aliphatic hydroxyl groups excluding tert-OH is 2. The van der Waals surface area contributed by atoms with Crippen LogP contribution in [0, 0.1) is 11.3 Å². The standard InChI is InChI=1S/C23H42N2O7/c1-6-11-23(4,5)14-25-21(30)20-16(26)12-17(27)22(32-20)31-19(29)10-8-9-18(28)24-13-15(3)7-2/h15-17,20,22,26-27H,6-14H2,1-5H3,(H,24,28)(H,25,30). The van der Waals surface area contributed by atoms with E-state index in [0.29, 0.717) is 25.4 Å². The second-order valence-corrected chi connectivity index (χ2v) is 9.59. The van der Waals surface area contributed by atoms with Crippen molar-refractivity contribution in [2.75, 3.05) is 13.1 Å². The zero-order valence-electron chi connectivity index (χ0n) is 20.2. The molecule has 0 aromatic carbocycles. The molecule has 1 aliphatic rings. The summed E-state index contributed by atoms with van der Waals surface area (Å²) in [6, 6.07) is 0. The summed E-state index contributed by atoms with van der Waals surface area (Å²) in [6.07, 6.45) is -1.82. The molecule has 0 aromatic heterocycles. The summed E-state index contributed by atoms with van der Waals surface area (Å²) in [5.74, 6) is -0.874. The molecule has 0 aromatic rings. The van der Waals surface area contributed by atoms with Gasteiger partial charge in [0.1, 0.15) is 6.10 Å². The Hall–Kier alpha value is -1.71. The second kappa shape index (κ2) is 13.7. The van der Waals surface area contributed by atoms with E-state index in [-0.39, 0.29) is 30.6 Å². The molecule has 0 radical (unpaired) electrons. The van der Waals surface area contributed by atoms with E-state index in [2.05, 4.69) is 24.5 Å². The van der Waals surface area contributed by atoms with E-state index in [0.717, 1.165) is 19.3 Å². The average Bonchev–Trinajstić information content (AvgIpc) is 2.72. The first kappa shape index (κ1) is 28.3. The topological polar surface area (TPSA) is 134 Å². The van der Waals surface area contributed by atoms with Gasteiger partial charge in [0.15, 0.2) is 6.10 Å². The van der Waals surface area contributed by atoms with Crippen LogP contribution in [0.1, 0.15) is 79.6 Å². The molecule has 2 amide bonds. The Morgan fingerprint density at radius 2 is 1.81 bits per heavy atom. The highest BCUT2D eigenvalue weighted by molar-refractivity contribution is 5.81. The van der Waals surface area contributed by atoms with Crippen LogP contribution in [-0.4, -0.2) is 65.7 Å². The Balaban J connectivity index is 2.47. The zero-order chi connectivity index (χ0) is 24.3. The number of hydrogen-bond donors (Lipinski definition) is 4. The van der Waals surface area contributed by atoms with Crippen molar-refractivity contribution in [3.63, 3.8) is 0 Å². The van der Waals surface area contributed by atoms with Crippen molar-refractivity contribution in [1.82, 2.24) is 10.6 Å². The molecule has 9 nitrogen and oxygen atoms in total. The Morgan fingerprint density at radius 1 is 1.12 bits per heavy atom. The number of amides is 2. The van der Waals surface area contributed by atoms with Crippen molar-refractivity contribution in [2.45, 2.75) is 104 Å². The number of esters is 1. The van der Waals surface area contributed by atoms with Crippen molar-refractivity contribution in [2.24, 2.45) is 11.3 Å². The predicted octanol–water partition coefficient (Wildman–Crippen LogP) is 1.64. The third kappa shape index (κ3) is 10.3. The van der Waals surface area contributed by atoms with Gasteiger partial charge in [-0.2, -0.15) is 0 Å². The Morgan fingerprint density at radius 3 is 2.44 bits per heavy atom. The van der Waals surface area contributed by atoms with Crippen LogP contribution in [0.15, 0.2) is 0 Å². The summed E-state index contributed by atoms with van der Waals surface area (Å²) in [6.45, 7) is 11.2. The van der Waals surface area contributed by atoms with Gasteiger partial charge >= 0.3 is 5.97 Å². The molecular weight excluding hydrogens is 416 g/mol. The van der Waals surface area contributed by atoms with Gasteiger partial charge in [-0.25, -0.2) is 0 Å². The maximum absolute atomic E-state index is 12.5. The highest BCUT2D eigenvalue weighted by Gasteiger charge is 2.42. The molecular formula is C23H42N2O7. The van der Waals surface area contributed by atoms with Gasteiger partial charge < -0.3 is 30.3 Å². The van der Waals surface area contributed by atoms with E-state index < -0.39 is 36.5 Å². The first-order valence-electron chi connectivity index (χ1n) is 11.7. The number of aliphatic hydroxyl groups is 2. The van der Waals surface area contributed by atoms with Crippen LogP contribution in [0.2, 0.25) is 0 Å². The Labute approximate surface area is 191 Å². The van der Waals surface area contributed by atoms with E-state index in [4.69, 9.17) is 9.47 Å². The number of ether oxygens (including phenoxy) is 2. The van der Waals surface area contributed by atoms with Gasteiger partial charge in [-0.1, -0.05) is 47.5 Å². The van der Waals surface area contributed by atoms with E-state index in [1.54, 1.807) is 0 Å². The van der Waals surface area contributed by atoms with E-state index >= 15 is 0 Å². The van der Waals surface area contributed by atoms with Gasteiger partial charge in [0, 0.05) is 32.4 Å². The lowest BCUT2D eigenvalue weighted by Crippen LogP contribution is -2.55. The highest BCUT2D eigenvalue weighted by Crippen LogP contribution is 2.24. The smallest absolute Gasteiger partial charge is 0.308 e. The van der Waals surface area contributed by atoms with Crippen LogP contribution in [0.25, 0.3) is 0 Å². The quantitative estimate of drug-likeness (QED) is 0.308. The molecule has 0 saturated carbocycles. The third-order valence-electron chi connectivity index (χ3n) is 5.73. The van der Waals surface area contributed by atoms with Gasteiger partial charge in [-0.15, -0.1) is 0 Å². The molecule has 186 valence electrons. The molecule has 5 atom stereocenters. The molecule has 1 fully saturated rings. The maximum Gasteiger partial charge on any atom is 0.308 e. The summed E-state index contributed by atoms with van der Waals surface area (Å²) in [4.78, 5) is 36.5. The molecule has 0 spiro atoms. The molecule has 4 N–H and O–H groups in total. The fourth-order valence-corrected chi connectivity index (χ4v) is 3.45. The van der Waals surface area contributed by atoms with Gasteiger partial charge in [-0.05, 0) is 24.2 Å². The normalized spacial score (nSPS) is 24.5. The minimum absolute atomic E-state index is 0.0199. The fourth-order valence-electron chi connectivity index (χ4n) is 3.45. The second-order valence-electron chi connectivity index (χ2n) is 9.59. The molecule has 1 rings (SSSR count). The van der Waals surface area contributed by atoms with Crippen molar-refractivity contribution < 1.29 is 34.1 Å². The largest absolute Gasteiger partial charge is 0.433 e. The first-order chi connectivity index (χ1) is 15.0. The molecule has 0 bridgehead atoms. The minimum Gasteiger partial charge on any atom is -0.433 e. The van der Waals surface area contributed by atoms with Crippen LogP contribution < -0.4 is 10.6 Å². The Bertz CT molecular complexity index is 611. The fraction of sp³-hybridized carbons (Fsp3) is 0.870.